The monoisotopic (exact) mass is 219 g/mol. The Balaban J connectivity index is 2.17. The van der Waals surface area contributed by atoms with E-state index in [1.165, 1.54) is 18.4 Å². The zero-order valence-electron chi connectivity index (χ0n) is 10.0. The van der Waals surface area contributed by atoms with Gasteiger partial charge in [0.15, 0.2) is 0 Å². The minimum atomic E-state index is 0.697. The number of rotatable bonds is 3. The van der Waals surface area contributed by atoms with Gasteiger partial charge in [0.2, 0.25) is 0 Å². The van der Waals surface area contributed by atoms with Gasteiger partial charge in [-0.2, -0.15) is 0 Å². The first kappa shape index (κ1) is 11.4. The molecule has 2 rings (SSSR count). The maximum absolute atomic E-state index is 5.64. The smallest absolute Gasteiger partial charge is 0.131 e. The molecule has 2 N–H and O–H groups in total. The van der Waals surface area contributed by atoms with Gasteiger partial charge in [-0.1, -0.05) is 13.0 Å². The molecule has 1 fully saturated rings. The van der Waals surface area contributed by atoms with Gasteiger partial charge in [0.25, 0.3) is 0 Å². The van der Waals surface area contributed by atoms with E-state index in [2.05, 4.69) is 22.9 Å². The number of pyridine rings is 1. The van der Waals surface area contributed by atoms with Gasteiger partial charge in [-0.05, 0) is 43.4 Å². The maximum Gasteiger partial charge on any atom is 0.131 e. The highest BCUT2D eigenvalue weighted by molar-refractivity contribution is 5.47. The van der Waals surface area contributed by atoms with E-state index in [-0.39, 0.29) is 0 Å². The molecule has 1 atom stereocenters. The van der Waals surface area contributed by atoms with Crippen LogP contribution >= 0.6 is 0 Å². The normalized spacial score (nSPS) is 21.1. The lowest BCUT2D eigenvalue weighted by molar-refractivity contribution is 0.444. The van der Waals surface area contributed by atoms with E-state index in [1.54, 1.807) is 0 Å². The molecular formula is C13H21N3. The molecule has 2 heterocycles. The molecule has 1 unspecified atom stereocenters. The van der Waals surface area contributed by atoms with Crippen molar-refractivity contribution in [2.24, 2.45) is 11.7 Å². The van der Waals surface area contributed by atoms with Gasteiger partial charge in [0.1, 0.15) is 5.82 Å². The summed E-state index contributed by atoms with van der Waals surface area (Å²) >= 11 is 0. The van der Waals surface area contributed by atoms with Crippen LogP contribution in [0, 0.1) is 5.92 Å². The fourth-order valence-corrected chi connectivity index (χ4v) is 2.45. The zero-order chi connectivity index (χ0) is 11.4. The van der Waals surface area contributed by atoms with Crippen LogP contribution < -0.4 is 10.6 Å². The van der Waals surface area contributed by atoms with Crippen LogP contribution in [0.1, 0.15) is 25.3 Å². The number of aromatic nitrogens is 1. The predicted molar refractivity (Wildman–Crippen MR) is 67.6 cm³/mol. The third-order valence-electron chi connectivity index (χ3n) is 3.24. The average molecular weight is 219 g/mol. The first-order valence-electron chi connectivity index (χ1n) is 6.20. The second kappa shape index (κ2) is 5.30. The number of anilines is 1. The molecule has 0 radical (unpaired) electrons. The van der Waals surface area contributed by atoms with Gasteiger partial charge in [-0.25, -0.2) is 4.98 Å². The van der Waals surface area contributed by atoms with Gasteiger partial charge < -0.3 is 10.6 Å². The summed E-state index contributed by atoms with van der Waals surface area (Å²) in [6.07, 6.45) is 5.43. The van der Waals surface area contributed by atoms with Gasteiger partial charge >= 0.3 is 0 Å². The van der Waals surface area contributed by atoms with E-state index in [4.69, 9.17) is 5.73 Å². The van der Waals surface area contributed by atoms with E-state index >= 15 is 0 Å². The van der Waals surface area contributed by atoms with Crippen LogP contribution in [0.2, 0.25) is 0 Å². The average Bonchev–Trinajstić information content (AvgIpc) is 2.30. The minimum absolute atomic E-state index is 0.697. The highest BCUT2D eigenvalue weighted by Gasteiger charge is 2.19. The summed E-state index contributed by atoms with van der Waals surface area (Å²) in [6.45, 7) is 5.29. The van der Waals surface area contributed by atoms with Crippen LogP contribution in [-0.4, -0.2) is 24.6 Å². The SMILES string of the molecule is CC1CCCN(c2ncccc2CCN)C1. The highest BCUT2D eigenvalue weighted by Crippen LogP contribution is 2.24. The van der Waals surface area contributed by atoms with Gasteiger partial charge in [0.05, 0.1) is 0 Å². The first-order valence-corrected chi connectivity index (χ1v) is 6.20. The maximum atomic E-state index is 5.64. The number of nitrogens with zero attached hydrogens (tertiary/aromatic N) is 2. The van der Waals surface area contributed by atoms with Crippen LogP contribution in [0.4, 0.5) is 5.82 Å². The Labute approximate surface area is 97.7 Å². The quantitative estimate of drug-likeness (QED) is 0.843. The Hall–Kier alpha value is -1.09. The van der Waals surface area contributed by atoms with E-state index in [0.29, 0.717) is 6.54 Å². The standard InChI is InChI=1S/C13H21N3/c1-11-4-3-9-16(10-11)13-12(6-7-14)5-2-8-15-13/h2,5,8,11H,3-4,6-7,9-10,14H2,1H3. The summed E-state index contributed by atoms with van der Waals surface area (Å²) < 4.78 is 0. The summed E-state index contributed by atoms with van der Waals surface area (Å²) in [7, 11) is 0. The van der Waals surface area contributed by atoms with Crippen LogP contribution in [0.3, 0.4) is 0 Å². The molecule has 1 saturated heterocycles. The van der Waals surface area contributed by atoms with Crippen LogP contribution in [0.15, 0.2) is 18.3 Å². The van der Waals surface area contributed by atoms with Crippen molar-refractivity contribution in [3.8, 4) is 0 Å². The fraction of sp³-hybridized carbons (Fsp3) is 0.615. The van der Waals surface area contributed by atoms with Crippen molar-refractivity contribution in [1.29, 1.82) is 0 Å². The molecule has 3 nitrogen and oxygen atoms in total. The molecule has 0 saturated carbocycles. The van der Waals surface area contributed by atoms with Crippen molar-refractivity contribution in [3.63, 3.8) is 0 Å². The Morgan fingerprint density at radius 3 is 3.19 bits per heavy atom. The zero-order valence-corrected chi connectivity index (χ0v) is 10.0. The van der Waals surface area contributed by atoms with Crippen LogP contribution in [0.25, 0.3) is 0 Å². The molecule has 1 aliphatic rings. The number of piperidine rings is 1. The molecule has 0 aliphatic carbocycles. The molecule has 16 heavy (non-hydrogen) atoms. The van der Waals surface area contributed by atoms with Crippen molar-refractivity contribution in [1.82, 2.24) is 4.98 Å². The summed E-state index contributed by atoms with van der Waals surface area (Å²) in [5.41, 5.74) is 6.93. The summed E-state index contributed by atoms with van der Waals surface area (Å²) in [5, 5.41) is 0. The molecule has 0 amide bonds. The van der Waals surface area contributed by atoms with Crippen molar-refractivity contribution in [2.75, 3.05) is 24.5 Å². The number of hydrogen-bond acceptors (Lipinski definition) is 3. The van der Waals surface area contributed by atoms with Gasteiger partial charge in [-0.3, -0.25) is 0 Å². The Kier molecular flexibility index (Phi) is 3.78. The molecule has 1 aromatic heterocycles. The van der Waals surface area contributed by atoms with E-state index in [1.807, 2.05) is 12.3 Å². The van der Waals surface area contributed by atoms with Crippen LogP contribution in [0.5, 0.6) is 0 Å². The number of hydrogen-bond donors (Lipinski definition) is 1. The second-order valence-corrected chi connectivity index (χ2v) is 4.72. The molecule has 0 spiro atoms. The molecule has 0 aromatic carbocycles. The van der Waals surface area contributed by atoms with Crippen molar-refractivity contribution in [2.45, 2.75) is 26.2 Å². The van der Waals surface area contributed by atoms with E-state index < -0.39 is 0 Å². The third kappa shape index (κ3) is 2.53. The lowest BCUT2D eigenvalue weighted by atomic mass is 9.99. The molecule has 3 heteroatoms. The van der Waals surface area contributed by atoms with Crippen molar-refractivity contribution in [3.05, 3.63) is 23.9 Å². The largest absolute Gasteiger partial charge is 0.356 e. The fourth-order valence-electron chi connectivity index (χ4n) is 2.45. The highest BCUT2D eigenvalue weighted by atomic mass is 15.2. The molecule has 1 aromatic rings. The van der Waals surface area contributed by atoms with Crippen molar-refractivity contribution < 1.29 is 0 Å². The Morgan fingerprint density at radius 1 is 1.56 bits per heavy atom. The topological polar surface area (TPSA) is 42.2 Å². The molecule has 0 bridgehead atoms. The lowest BCUT2D eigenvalue weighted by Gasteiger charge is -2.33. The van der Waals surface area contributed by atoms with E-state index in [9.17, 15) is 0 Å². The second-order valence-electron chi connectivity index (χ2n) is 4.72. The van der Waals surface area contributed by atoms with Gasteiger partial charge in [-0.15, -0.1) is 0 Å². The summed E-state index contributed by atoms with van der Waals surface area (Å²) in [6, 6.07) is 4.15. The number of nitrogens with two attached hydrogens (primary N) is 1. The Morgan fingerprint density at radius 2 is 2.44 bits per heavy atom. The summed E-state index contributed by atoms with van der Waals surface area (Å²) in [4.78, 5) is 6.94. The summed E-state index contributed by atoms with van der Waals surface area (Å²) in [5.74, 6) is 1.93. The third-order valence-corrected chi connectivity index (χ3v) is 3.24. The lowest BCUT2D eigenvalue weighted by Crippen LogP contribution is -2.35. The molecular weight excluding hydrogens is 198 g/mol. The van der Waals surface area contributed by atoms with Gasteiger partial charge in [0, 0.05) is 19.3 Å². The van der Waals surface area contributed by atoms with Crippen LogP contribution in [-0.2, 0) is 6.42 Å². The minimum Gasteiger partial charge on any atom is -0.356 e. The molecule has 88 valence electrons. The predicted octanol–water partition coefficient (Wildman–Crippen LogP) is 1.82. The molecule has 1 aliphatic heterocycles. The van der Waals surface area contributed by atoms with Crippen molar-refractivity contribution >= 4 is 5.82 Å². The Bertz CT molecular complexity index is 338. The van der Waals surface area contributed by atoms with E-state index in [0.717, 1.165) is 31.2 Å². The first-order chi connectivity index (χ1) is 7.81.